The van der Waals surface area contributed by atoms with Crippen LogP contribution < -0.4 is 0 Å². The molecule has 15 heavy (non-hydrogen) atoms. The van der Waals surface area contributed by atoms with Crippen molar-refractivity contribution in [1.29, 1.82) is 0 Å². The largest absolute Gasteiger partial charge is 0.444 e. The summed E-state index contributed by atoms with van der Waals surface area (Å²) in [4.78, 5) is 15.9. The smallest absolute Gasteiger partial charge is 0.410 e. The van der Waals surface area contributed by atoms with Crippen LogP contribution in [0.5, 0.6) is 0 Å². The molecule has 0 aromatic rings. The first-order valence-electron chi connectivity index (χ1n) is 4.89. The van der Waals surface area contributed by atoms with E-state index in [9.17, 15) is 4.79 Å². The van der Waals surface area contributed by atoms with Crippen molar-refractivity contribution in [3.63, 3.8) is 0 Å². The molecule has 0 saturated carbocycles. The minimum absolute atomic E-state index is 0.0734. The highest BCUT2D eigenvalue weighted by Gasteiger charge is 2.40. The zero-order valence-corrected chi connectivity index (χ0v) is 9.47. The summed E-state index contributed by atoms with van der Waals surface area (Å²) in [5, 5.41) is 3.57. The van der Waals surface area contributed by atoms with Crippen molar-refractivity contribution in [2.24, 2.45) is 5.11 Å². The van der Waals surface area contributed by atoms with E-state index in [0.29, 0.717) is 6.54 Å². The third-order valence-corrected chi connectivity index (χ3v) is 2.26. The van der Waals surface area contributed by atoms with Gasteiger partial charge in [-0.3, -0.25) is 0 Å². The van der Waals surface area contributed by atoms with E-state index in [1.165, 1.54) is 0 Å². The molecule has 2 unspecified atom stereocenters. The van der Waals surface area contributed by atoms with Crippen LogP contribution in [0.1, 0.15) is 27.7 Å². The lowest BCUT2D eigenvalue weighted by molar-refractivity contribution is -0.00850. The standard InChI is InChI=1S/C9H16N4O2/c1-6-7(11-12-10)5-13(6)8(14)15-9(2,3)4/h6-7H,5H2,1-4H3. The minimum atomic E-state index is -0.486. The Morgan fingerprint density at radius 2 is 2.20 bits per heavy atom. The third kappa shape index (κ3) is 2.76. The molecular weight excluding hydrogens is 196 g/mol. The third-order valence-electron chi connectivity index (χ3n) is 2.26. The molecule has 1 amide bonds. The highest BCUT2D eigenvalue weighted by Crippen LogP contribution is 2.23. The Hall–Kier alpha value is -1.42. The van der Waals surface area contributed by atoms with Gasteiger partial charge in [0.25, 0.3) is 0 Å². The van der Waals surface area contributed by atoms with Crippen molar-refractivity contribution in [2.45, 2.75) is 45.4 Å². The van der Waals surface area contributed by atoms with Gasteiger partial charge in [-0.2, -0.15) is 0 Å². The van der Waals surface area contributed by atoms with E-state index in [1.807, 2.05) is 27.7 Å². The van der Waals surface area contributed by atoms with Crippen LogP contribution in [-0.4, -0.2) is 35.2 Å². The molecule has 0 aliphatic carbocycles. The molecule has 1 aliphatic rings. The number of carbonyl (C=O) groups is 1. The number of hydrogen-bond acceptors (Lipinski definition) is 3. The van der Waals surface area contributed by atoms with E-state index in [2.05, 4.69) is 10.0 Å². The zero-order chi connectivity index (χ0) is 11.6. The lowest BCUT2D eigenvalue weighted by Gasteiger charge is -2.44. The van der Waals surface area contributed by atoms with E-state index in [4.69, 9.17) is 10.3 Å². The van der Waals surface area contributed by atoms with Gasteiger partial charge in [-0.15, -0.1) is 0 Å². The van der Waals surface area contributed by atoms with Crippen molar-refractivity contribution in [3.8, 4) is 0 Å². The number of nitrogens with zero attached hydrogens (tertiary/aromatic N) is 4. The summed E-state index contributed by atoms with van der Waals surface area (Å²) in [6, 6.07) is -0.196. The second-order valence-electron chi connectivity index (χ2n) is 4.65. The van der Waals surface area contributed by atoms with Gasteiger partial charge >= 0.3 is 6.09 Å². The van der Waals surface area contributed by atoms with Crippen molar-refractivity contribution in [1.82, 2.24) is 4.90 Å². The van der Waals surface area contributed by atoms with Crippen LogP contribution in [0, 0.1) is 0 Å². The first-order valence-corrected chi connectivity index (χ1v) is 4.89. The molecule has 6 nitrogen and oxygen atoms in total. The molecule has 0 spiro atoms. The van der Waals surface area contributed by atoms with E-state index >= 15 is 0 Å². The monoisotopic (exact) mass is 212 g/mol. The molecular formula is C9H16N4O2. The van der Waals surface area contributed by atoms with E-state index in [-0.39, 0.29) is 18.2 Å². The fourth-order valence-electron chi connectivity index (χ4n) is 1.35. The second-order valence-corrected chi connectivity index (χ2v) is 4.65. The molecule has 2 atom stereocenters. The maximum absolute atomic E-state index is 11.6. The lowest BCUT2D eigenvalue weighted by Crippen LogP contribution is -2.60. The van der Waals surface area contributed by atoms with Crippen molar-refractivity contribution >= 4 is 6.09 Å². The predicted octanol–water partition coefficient (Wildman–Crippen LogP) is 2.30. The summed E-state index contributed by atoms with van der Waals surface area (Å²) >= 11 is 0. The molecule has 84 valence electrons. The number of hydrogen-bond donors (Lipinski definition) is 0. The molecule has 1 heterocycles. The lowest BCUT2D eigenvalue weighted by atomic mass is 10.0. The molecule has 1 saturated heterocycles. The van der Waals surface area contributed by atoms with Gasteiger partial charge in [-0.05, 0) is 33.2 Å². The normalized spacial score (nSPS) is 25.2. The van der Waals surface area contributed by atoms with Crippen LogP contribution in [0.25, 0.3) is 10.4 Å². The van der Waals surface area contributed by atoms with Gasteiger partial charge in [-0.25, -0.2) is 4.79 Å². The van der Waals surface area contributed by atoms with Gasteiger partial charge in [-0.1, -0.05) is 5.11 Å². The van der Waals surface area contributed by atoms with Gasteiger partial charge in [0.1, 0.15) is 5.60 Å². The Morgan fingerprint density at radius 1 is 1.60 bits per heavy atom. The van der Waals surface area contributed by atoms with Gasteiger partial charge in [0, 0.05) is 17.5 Å². The van der Waals surface area contributed by atoms with Gasteiger partial charge in [0.15, 0.2) is 0 Å². The summed E-state index contributed by atoms with van der Waals surface area (Å²) < 4.78 is 5.19. The van der Waals surface area contributed by atoms with Crippen LogP contribution in [0.4, 0.5) is 4.79 Å². The quantitative estimate of drug-likeness (QED) is 0.380. The highest BCUT2D eigenvalue weighted by atomic mass is 16.6. The number of carbonyl (C=O) groups excluding carboxylic acids is 1. The molecule has 0 N–H and O–H groups in total. The SMILES string of the molecule is CC1C(N=[N+]=[N-])CN1C(=O)OC(C)(C)C. The Bertz CT molecular complexity index is 304. The maximum Gasteiger partial charge on any atom is 0.410 e. The zero-order valence-electron chi connectivity index (χ0n) is 9.47. The molecule has 1 aliphatic heterocycles. The van der Waals surface area contributed by atoms with Crippen LogP contribution in [0.2, 0.25) is 0 Å². The first-order chi connectivity index (χ1) is 6.85. The summed E-state index contributed by atoms with van der Waals surface area (Å²) in [5.41, 5.74) is 7.77. The van der Waals surface area contributed by atoms with Crippen LogP contribution in [0.15, 0.2) is 5.11 Å². The number of amides is 1. The summed E-state index contributed by atoms with van der Waals surface area (Å²) in [6.45, 7) is 7.74. The van der Waals surface area contributed by atoms with Crippen LogP contribution >= 0.6 is 0 Å². The first kappa shape index (κ1) is 11.7. The molecule has 6 heteroatoms. The Morgan fingerprint density at radius 3 is 2.60 bits per heavy atom. The topological polar surface area (TPSA) is 78.3 Å². The molecule has 0 radical (unpaired) electrons. The van der Waals surface area contributed by atoms with Crippen LogP contribution in [0.3, 0.4) is 0 Å². The molecule has 0 bridgehead atoms. The molecule has 0 aromatic carbocycles. The molecule has 1 rings (SSSR count). The number of rotatable bonds is 1. The number of ether oxygens (including phenoxy) is 1. The van der Waals surface area contributed by atoms with E-state index in [0.717, 1.165) is 0 Å². The van der Waals surface area contributed by atoms with Crippen molar-refractivity contribution in [2.75, 3.05) is 6.54 Å². The average molecular weight is 212 g/mol. The predicted molar refractivity (Wildman–Crippen MR) is 55.3 cm³/mol. The van der Waals surface area contributed by atoms with E-state index in [1.54, 1.807) is 4.90 Å². The summed E-state index contributed by atoms with van der Waals surface area (Å²) in [7, 11) is 0. The van der Waals surface area contributed by atoms with Crippen molar-refractivity contribution in [3.05, 3.63) is 10.4 Å². The Balaban J connectivity index is 2.49. The second kappa shape index (κ2) is 3.98. The maximum atomic E-state index is 11.6. The van der Waals surface area contributed by atoms with Gasteiger partial charge < -0.3 is 9.64 Å². The van der Waals surface area contributed by atoms with Crippen LogP contribution in [-0.2, 0) is 4.74 Å². The van der Waals surface area contributed by atoms with Gasteiger partial charge in [0.2, 0.25) is 0 Å². The fourth-order valence-corrected chi connectivity index (χ4v) is 1.35. The summed E-state index contributed by atoms with van der Waals surface area (Å²) in [6.07, 6.45) is -0.348. The Kier molecular flexibility index (Phi) is 3.09. The van der Waals surface area contributed by atoms with Crippen molar-refractivity contribution < 1.29 is 9.53 Å². The highest BCUT2D eigenvalue weighted by molar-refractivity contribution is 5.70. The fraction of sp³-hybridized carbons (Fsp3) is 0.889. The Labute approximate surface area is 88.8 Å². The minimum Gasteiger partial charge on any atom is -0.444 e. The molecule has 0 aromatic heterocycles. The summed E-state index contributed by atoms with van der Waals surface area (Å²) in [5.74, 6) is 0. The average Bonchev–Trinajstić information content (AvgIpc) is 2.07. The van der Waals surface area contributed by atoms with Gasteiger partial charge in [0.05, 0.1) is 6.04 Å². The van der Waals surface area contributed by atoms with E-state index < -0.39 is 5.60 Å². The number of likely N-dealkylation sites (tertiary alicyclic amines) is 1. The number of azide groups is 1. The molecule has 1 fully saturated rings.